The summed E-state index contributed by atoms with van der Waals surface area (Å²) in [5.74, 6) is 0. The van der Waals surface area contributed by atoms with E-state index in [2.05, 4.69) is 62.1 Å². The molecule has 0 atom stereocenters. The van der Waals surface area contributed by atoms with Crippen molar-refractivity contribution < 1.29 is 0 Å². The van der Waals surface area contributed by atoms with Crippen LogP contribution in [-0.2, 0) is 0 Å². The highest BCUT2D eigenvalue weighted by molar-refractivity contribution is 5.53. The normalized spacial score (nSPS) is 11.5. The van der Waals surface area contributed by atoms with Crippen LogP contribution in [0.2, 0.25) is 0 Å². The van der Waals surface area contributed by atoms with Gasteiger partial charge in [-0.15, -0.1) is 0 Å². The van der Waals surface area contributed by atoms with Gasteiger partial charge < -0.3 is 0 Å². The first-order chi connectivity index (χ1) is 8.27. The number of hydrogen-bond donors (Lipinski definition) is 0. The minimum Gasteiger partial charge on any atom is -0.300 e. The van der Waals surface area contributed by atoms with Crippen LogP contribution in [0, 0.1) is 6.92 Å². The summed E-state index contributed by atoms with van der Waals surface area (Å²) in [5, 5.41) is 0. The Kier molecular flexibility index (Phi) is 6.64. The van der Waals surface area contributed by atoms with Gasteiger partial charge in [0.2, 0.25) is 0 Å². The summed E-state index contributed by atoms with van der Waals surface area (Å²) in [4.78, 5) is 2.51. The lowest BCUT2D eigenvalue weighted by Gasteiger charge is -2.18. The molecule has 1 nitrogen and oxygen atoms in total. The first-order valence-corrected chi connectivity index (χ1v) is 6.72. The van der Waals surface area contributed by atoms with Crippen LogP contribution >= 0.6 is 0 Å². The summed E-state index contributed by atoms with van der Waals surface area (Å²) in [6.07, 6.45) is 7.00. The van der Waals surface area contributed by atoms with Gasteiger partial charge >= 0.3 is 0 Å². The maximum Gasteiger partial charge on any atom is 0.0166 e. The van der Waals surface area contributed by atoms with E-state index in [0.29, 0.717) is 0 Å². The second kappa shape index (κ2) is 8.08. The first-order valence-electron chi connectivity index (χ1n) is 6.72. The third-order valence-electron chi connectivity index (χ3n) is 2.93. The van der Waals surface area contributed by atoms with Crippen molar-refractivity contribution in [3.05, 3.63) is 41.5 Å². The third-order valence-corrected chi connectivity index (χ3v) is 2.93. The average molecular weight is 231 g/mol. The van der Waals surface area contributed by atoms with Gasteiger partial charge in [-0.05, 0) is 44.0 Å². The number of hydrogen-bond acceptors (Lipinski definition) is 1. The zero-order chi connectivity index (χ0) is 12.5. The Hall–Kier alpha value is -1.08. The number of rotatable bonds is 7. The Bertz CT molecular complexity index is 335. The van der Waals surface area contributed by atoms with Crippen LogP contribution in [-0.4, -0.2) is 24.5 Å². The van der Waals surface area contributed by atoms with Crippen LogP contribution in [0.1, 0.15) is 37.8 Å². The van der Waals surface area contributed by atoms with Crippen molar-refractivity contribution >= 4 is 6.08 Å². The Balaban J connectivity index is 2.50. The number of nitrogens with zero attached hydrogens (tertiary/aromatic N) is 1. The molecular weight excluding hydrogens is 206 g/mol. The molecule has 0 saturated heterocycles. The highest BCUT2D eigenvalue weighted by atomic mass is 15.1. The molecule has 0 aliphatic carbocycles. The standard InChI is InChI=1S/C16H25N/c1-4-12-17(13-5-2)14-8-11-16-10-7-6-9-15(16)3/h6-11H,4-5,12-14H2,1-3H3/b11-8+. The van der Waals surface area contributed by atoms with Gasteiger partial charge in [0.1, 0.15) is 0 Å². The Morgan fingerprint density at radius 2 is 1.71 bits per heavy atom. The lowest BCUT2D eigenvalue weighted by Crippen LogP contribution is -2.25. The van der Waals surface area contributed by atoms with Crippen LogP contribution in [0.15, 0.2) is 30.3 Å². The maximum absolute atomic E-state index is 2.51. The second-order valence-electron chi connectivity index (χ2n) is 4.56. The molecule has 0 amide bonds. The van der Waals surface area contributed by atoms with Gasteiger partial charge in [-0.25, -0.2) is 0 Å². The zero-order valence-electron chi connectivity index (χ0n) is 11.4. The van der Waals surface area contributed by atoms with E-state index in [-0.39, 0.29) is 0 Å². The van der Waals surface area contributed by atoms with Crippen molar-refractivity contribution in [2.24, 2.45) is 0 Å². The van der Waals surface area contributed by atoms with Crippen LogP contribution in [0.4, 0.5) is 0 Å². The Morgan fingerprint density at radius 1 is 1.06 bits per heavy atom. The maximum atomic E-state index is 2.51. The van der Waals surface area contributed by atoms with Crippen molar-refractivity contribution in [2.75, 3.05) is 19.6 Å². The molecule has 94 valence electrons. The quantitative estimate of drug-likeness (QED) is 0.682. The van der Waals surface area contributed by atoms with E-state index < -0.39 is 0 Å². The van der Waals surface area contributed by atoms with Crippen molar-refractivity contribution in [2.45, 2.75) is 33.6 Å². The van der Waals surface area contributed by atoms with Gasteiger partial charge in [0.25, 0.3) is 0 Å². The summed E-state index contributed by atoms with van der Waals surface area (Å²) in [5.41, 5.74) is 2.68. The van der Waals surface area contributed by atoms with Crippen LogP contribution < -0.4 is 0 Å². The number of benzene rings is 1. The van der Waals surface area contributed by atoms with E-state index in [1.54, 1.807) is 0 Å². The summed E-state index contributed by atoms with van der Waals surface area (Å²) in [6.45, 7) is 10.1. The Labute approximate surface area is 106 Å². The minimum atomic E-state index is 1.07. The smallest absolute Gasteiger partial charge is 0.0166 e. The van der Waals surface area contributed by atoms with Gasteiger partial charge in [-0.2, -0.15) is 0 Å². The van der Waals surface area contributed by atoms with E-state index in [4.69, 9.17) is 0 Å². The molecule has 0 fully saturated rings. The molecule has 1 rings (SSSR count). The molecule has 0 N–H and O–H groups in total. The molecule has 0 heterocycles. The summed E-state index contributed by atoms with van der Waals surface area (Å²) >= 11 is 0. The van der Waals surface area contributed by atoms with Crippen molar-refractivity contribution in [1.82, 2.24) is 4.90 Å². The Morgan fingerprint density at radius 3 is 2.29 bits per heavy atom. The average Bonchev–Trinajstić information content (AvgIpc) is 2.32. The van der Waals surface area contributed by atoms with Gasteiger partial charge in [0.05, 0.1) is 0 Å². The van der Waals surface area contributed by atoms with E-state index >= 15 is 0 Å². The molecule has 0 aromatic heterocycles. The monoisotopic (exact) mass is 231 g/mol. The SMILES string of the molecule is CCCN(C/C=C/c1ccccc1C)CCC. The zero-order valence-corrected chi connectivity index (χ0v) is 11.4. The first kappa shape index (κ1) is 14.0. The predicted molar refractivity (Wildman–Crippen MR) is 77.2 cm³/mol. The summed E-state index contributed by atoms with van der Waals surface area (Å²) < 4.78 is 0. The number of aryl methyl sites for hydroxylation is 1. The molecule has 1 aromatic rings. The molecule has 0 saturated carbocycles. The molecule has 17 heavy (non-hydrogen) atoms. The van der Waals surface area contributed by atoms with E-state index in [9.17, 15) is 0 Å². The van der Waals surface area contributed by atoms with Gasteiger partial charge in [0, 0.05) is 6.54 Å². The van der Waals surface area contributed by atoms with E-state index in [1.807, 2.05) is 0 Å². The fraction of sp³-hybridized carbons (Fsp3) is 0.500. The van der Waals surface area contributed by atoms with E-state index in [1.165, 1.54) is 37.1 Å². The van der Waals surface area contributed by atoms with E-state index in [0.717, 1.165) is 6.54 Å². The summed E-state index contributed by atoms with van der Waals surface area (Å²) in [7, 11) is 0. The fourth-order valence-corrected chi connectivity index (χ4v) is 2.03. The lowest BCUT2D eigenvalue weighted by atomic mass is 10.1. The van der Waals surface area contributed by atoms with Crippen molar-refractivity contribution in [3.8, 4) is 0 Å². The van der Waals surface area contributed by atoms with Gasteiger partial charge in [0.15, 0.2) is 0 Å². The van der Waals surface area contributed by atoms with Crippen LogP contribution in [0.5, 0.6) is 0 Å². The molecule has 0 radical (unpaired) electrons. The highest BCUT2D eigenvalue weighted by Crippen LogP contribution is 2.08. The topological polar surface area (TPSA) is 3.24 Å². The molecule has 0 bridgehead atoms. The highest BCUT2D eigenvalue weighted by Gasteiger charge is 1.99. The molecule has 1 heteroatoms. The van der Waals surface area contributed by atoms with Gasteiger partial charge in [-0.3, -0.25) is 4.90 Å². The molecule has 0 unspecified atom stereocenters. The minimum absolute atomic E-state index is 1.07. The second-order valence-corrected chi connectivity index (χ2v) is 4.56. The van der Waals surface area contributed by atoms with Crippen molar-refractivity contribution in [3.63, 3.8) is 0 Å². The summed E-state index contributed by atoms with van der Waals surface area (Å²) in [6, 6.07) is 8.53. The molecule has 1 aromatic carbocycles. The molecule has 0 aliphatic heterocycles. The van der Waals surface area contributed by atoms with Crippen LogP contribution in [0.3, 0.4) is 0 Å². The predicted octanol–water partition coefficient (Wildman–Crippen LogP) is 4.13. The lowest BCUT2D eigenvalue weighted by molar-refractivity contribution is 0.304. The molecule has 0 aliphatic rings. The molecule has 0 spiro atoms. The fourth-order valence-electron chi connectivity index (χ4n) is 2.03. The van der Waals surface area contributed by atoms with Crippen LogP contribution in [0.25, 0.3) is 6.08 Å². The third kappa shape index (κ3) is 5.18. The van der Waals surface area contributed by atoms with Crippen molar-refractivity contribution in [1.29, 1.82) is 0 Å². The molecular formula is C16H25N. The largest absolute Gasteiger partial charge is 0.300 e. The van der Waals surface area contributed by atoms with Gasteiger partial charge in [-0.1, -0.05) is 50.3 Å².